The Bertz CT molecular complexity index is 149. The van der Waals surface area contributed by atoms with Gasteiger partial charge in [-0.3, -0.25) is 4.79 Å². The number of carboxylic acid groups (broad SMARTS) is 1. The molecule has 3 nitrogen and oxygen atoms in total. The van der Waals surface area contributed by atoms with E-state index in [0.29, 0.717) is 13.0 Å². The SMILES string of the molecule is O=C(O)C[C@H]1COCC[C@H]1F. The molecule has 1 fully saturated rings. The maximum atomic E-state index is 12.9. The lowest BCUT2D eigenvalue weighted by Gasteiger charge is -2.24. The van der Waals surface area contributed by atoms with Crippen LogP contribution in [-0.2, 0) is 9.53 Å². The van der Waals surface area contributed by atoms with E-state index in [0.717, 1.165) is 0 Å². The second-order valence-electron chi connectivity index (χ2n) is 2.74. The van der Waals surface area contributed by atoms with E-state index in [1.807, 2.05) is 0 Å². The van der Waals surface area contributed by atoms with Crippen molar-refractivity contribution in [2.24, 2.45) is 5.92 Å². The van der Waals surface area contributed by atoms with Crippen LogP contribution in [0.2, 0.25) is 0 Å². The van der Waals surface area contributed by atoms with Gasteiger partial charge in [0.25, 0.3) is 0 Å². The molecule has 1 saturated heterocycles. The number of aliphatic carboxylic acids is 1. The van der Waals surface area contributed by atoms with Gasteiger partial charge in [-0.05, 0) is 0 Å². The third kappa shape index (κ3) is 2.46. The van der Waals surface area contributed by atoms with Crippen molar-refractivity contribution in [2.45, 2.75) is 19.0 Å². The van der Waals surface area contributed by atoms with Crippen LogP contribution in [0.15, 0.2) is 0 Å². The zero-order valence-corrected chi connectivity index (χ0v) is 6.12. The van der Waals surface area contributed by atoms with Crippen LogP contribution in [0.5, 0.6) is 0 Å². The van der Waals surface area contributed by atoms with Gasteiger partial charge in [0.15, 0.2) is 0 Å². The van der Waals surface area contributed by atoms with Gasteiger partial charge in [-0.25, -0.2) is 4.39 Å². The van der Waals surface area contributed by atoms with Gasteiger partial charge in [0.1, 0.15) is 6.17 Å². The Kier molecular flexibility index (Phi) is 2.82. The van der Waals surface area contributed by atoms with E-state index in [1.165, 1.54) is 0 Å². The van der Waals surface area contributed by atoms with Crippen molar-refractivity contribution in [3.63, 3.8) is 0 Å². The first-order valence-corrected chi connectivity index (χ1v) is 3.63. The van der Waals surface area contributed by atoms with Crippen molar-refractivity contribution < 1.29 is 19.0 Å². The van der Waals surface area contributed by atoms with Crippen molar-refractivity contribution in [3.05, 3.63) is 0 Å². The lowest BCUT2D eigenvalue weighted by molar-refractivity contribution is -0.140. The number of alkyl halides is 1. The lowest BCUT2D eigenvalue weighted by atomic mass is 9.97. The molecular formula is C7H11FO3. The maximum Gasteiger partial charge on any atom is 0.303 e. The molecule has 1 rings (SSSR count). The number of ether oxygens (including phenoxy) is 1. The summed E-state index contributed by atoms with van der Waals surface area (Å²) in [4.78, 5) is 10.2. The smallest absolute Gasteiger partial charge is 0.303 e. The van der Waals surface area contributed by atoms with Crippen LogP contribution < -0.4 is 0 Å². The number of hydrogen-bond acceptors (Lipinski definition) is 2. The highest BCUT2D eigenvalue weighted by Crippen LogP contribution is 2.20. The summed E-state index contributed by atoms with van der Waals surface area (Å²) in [5.74, 6) is -1.40. The van der Waals surface area contributed by atoms with Gasteiger partial charge in [0.05, 0.1) is 13.0 Å². The molecule has 1 aliphatic heterocycles. The monoisotopic (exact) mass is 162 g/mol. The van der Waals surface area contributed by atoms with Crippen LogP contribution >= 0.6 is 0 Å². The highest BCUT2D eigenvalue weighted by atomic mass is 19.1. The molecule has 0 aromatic heterocycles. The minimum atomic E-state index is -1.00. The third-order valence-corrected chi connectivity index (χ3v) is 1.82. The minimum Gasteiger partial charge on any atom is -0.481 e. The maximum absolute atomic E-state index is 12.9. The van der Waals surface area contributed by atoms with Gasteiger partial charge in [-0.2, -0.15) is 0 Å². The van der Waals surface area contributed by atoms with Crippen LogP contribution in [0.1, 0.15) is 12.8 Å². The quantitative estimate of drug-likeness (QED) is 0.654. The standard InChI is InChI=1S/C7H11FO3/c8-6-1-2-11-4-5(6)3-7(9)10/h5-6H,1-4H2,(H,9,10)/t5-,6+/m0/s1. The predicted octanol–water partition coefficient (Wildman–Crippen LogP) is 0.836. The Morgan fingerprint density at radius 1 is 1.73 bits per heavy atom. The molecule has 1 heterocycles. The fraction of sp³-hybridized carbons (Fsp3) is 0.857. The highest BCUT2D eigenvalue weighted by molar-refractivity contribution is 5.67. The lowest BCUT2D eigenvalue weighted by Crippen LogP contribution is -2.30. The van der Waals surface area contributed by atoms with E-state index in [2.05, 4.69) is 0 Å². The molecular weight excluding hydrogens is 151 g/mol. The number of carbonyl (C=O) groups is 1. The zero-order chi connectivity index (χ0) is 8.27. The van der Waals surface area contributed by atoms with Crippen molar-refractivity contribution >= 4 is 5.97 Å². The van der Waals surface area contributed by atoms with Gasteiger partial charge >= 0.3 is 5.97 Å². The van der Waals surface area contributed by atoms with Crippen LogP contribution in [0.3, 0.4) is 0 Å². The summed E-state index contributed by atoms with van der Waals surface area (Å²) in [6, 6.07) is 0. The van der Waals surface area contributed by atoms with Crippen molar-refractivity contribution in [1.82, 2.24) is 0 Å². The molecule has 64 valence electrons. The van der Waals surface area contributed by atoms with Crippen LogP contribution in [0.4, 0.5) is 4.39 Å². The average molecular weight is 162 g/mol. The number of hydrogen-bond donors (Lipinski definition) is 1. The Labute approximate surface area is 64.2 Å². The largest absolute Gasteiger partial charge is 0.481 e. The number of carboxylic acids is 1. The number of rotatable bonds is 2. The Balaban J connectivity index is 2.35. The molecule has 0 amide bonds. The summed E-state index contributed by atoms with van der Waals surface area (Å²) in [5.41, 5.74) is 0. The molecule has 0 radical (unpaired) electrons. The van der Waals surface area contributed by atoms with Gasteiger partial charge in [0.2, 0.25) is 0 Å². The summed E-state index contributed by atoms with van der Waals surface area (Å²) >= 11 is 0. The van der Waals surface area contributed by atoms with E-state index in [9.17, 15) is 9.18 Å². The normalized spacial score (nSPS) is 31.7. The van der Waals surface area contributed by atoms with E-state index < -0.39 is 18.1 Å². The fourth-order valence-electron chi connectivity index (χ4n) is 1.18. The average Bonchev–Trinajstić information content (AvgIpc) is 1.93. The molecule has 4 heteroatoms. The summed E-state index contributed by atoms with van der Waals surface area (Å²) in [6.07, 6.45) is -0.793. The molecule has 0 aromatic rings. The van der Waals surface area contributed by atoms with E-state index in [-0.39, 0.29) is 13.0 Å². The molecule has 0 saturated carbocycles. The third-order valence-electron chi connectivity index (χ3n) is 1.82. The number of halogens is 1. The Morgan fingerprint density at radius 2 is 2.45 bits per heavy atom. The fourth-order valence-corrected chi connectivity index (χ4v) is 1.18. The molecule has 0 aliphatic carbocycles. The van der Waals surface area contributed by atoms with E-state index in [4.69, 9.17) is 9.84 Å². The first-order valence-electron chi connectivity index (χ1n) is 3.63. The molecule has 0 unspecified atom stereocenters. The van der Waals surface area contributed by atoms with Gasteiger partial charge < -0.3 is 9.84 Å². The Hall–Kier alpha value is -0.640. The topological polar surface area (TPSA) is 46.5 Å². The van der Waals surface area contributed by atoms with E-state index >= 15 is 0 Å². The van der Waals surface area contributed by atoms with Crippen molar-refractivity contribution in [1.29, 1.82) is 0 Å². The van der Waals surface area contributed by atoms with Gasteiger partial charge in [0, 0.05) is 18.9 Å². The summed E-state index contributed by atoms with van der Waals surface area (Å²) in [7, 11) is 0. The summed E-state index contributed by atoms with van der Waals surface area (Å²) in [6.45, 7) is 0.657. The molecule has 0 spiro atoms. The van der Waals surface area contributed by atoms with Crippen LogP contribution in [-0.4, -0.2) is 30.5 Å². The van der Waals surface area contributed by atoms with Gasteiger partial charge in [-0.15, -0.1) is 0 Å². The van der Waals surface area contributed by atoms with Crippen LogP contribution in [0, 0.1) is 5.92 Å². The summed E-state index contributed by atoms with van der Waals surface area (Å²) in [5, 5.41) is 8.36. The van der Waals surface area contributed by atoms with E-state index in [1.54, 1.807) is 0 Å². The van der Waals surface area contributed by atoms with Gasteiger partial charge in [-0.1, -0.05) is 0 Å². The minimum absolute atomic E-state index is 0.124. The molecule has 0 bridgehead atoms. The second kappa shape index (κ2) is 3.67. The molecule has 2 atom stereocenters. The molecule has 11 heavy (non-hydrogen) atoms. The highest BCUT2D eigenvalue weighted by Gasteiger charge is 2.27. The Morgan fingerprint density at radius 3 is 3.00 bits per heavy atom. The molecule has 1 N–H and O–H groups in total. The van der Waals surface area contributed by atoms with Crippen molar-refractivity contribution in [3.8, 4) is 0 Å². The van der Waals surface area contributed by atoms with Crippen molar-refractivity contribution in [2.75, 3.05) is 13.2 Å². The second-order valence-corrected chi connectivity index (χ2v) is 2.74. The summed E-state index contributed by atoms with van der Waals surface area (Å²) < 4.78 is 17.8. The first kappa shape index (κ1) is 8.46. The van der Waals surface area contributed by atoms with Crippen LogP contribution in [0.25, 0.3) is 0 Å². The molecule has 0 aromatic carbocycles. The molecule has 1 aliphatic rings. The zero-order valence-electron chi connectivity index (χ0n) is 6.12. The predicted molar refractivity (Wildman–Crippen MR) is 36.1 cm³/mol. The first-order chi connectivity index (χ1) is 5.20.